The van der Waals surface area contributed by atoms with Crippen LogP contribution in [0.25, 0.3) is 0 Å². The van der Waals surface area contributed by atoms with Crippen molar-refractivity contribution in [1.82, 2.24) is 0 Å². The van der Waals surface area contributed by atoms with Gasteiger partial charge in [-0.1, -0.05) is 39.8 Å². The van der Waals surface area contributed by atoms with Crippen molar-refractivity contribution in [1.29, 1.82) is 0 Å². The molecule has 1 aromatic carbocycles. The number of nitrogens with two attached hydrogens (primary N) is 1. The normalized spacial score (nSPS) is 12.9. The number of esters is 1. The Kier molecular flexibility index (Phi) is 10.1. The average Bonchev–Trinajstić information content (AvgIpc) is 2.56. The van der Waals surface area contributed by atoms with E-state index < -0.39 is 17.9 Å². The number of rotatable bonds is 7. The molecule has 0 saturated heterocycles. The van der Waals surface area contributed by atoms with Crippen molar-refractivity contribution in [2.45, 2.75) is 46.6 Å². The second kappa shape index (κ2) is 10.9. The number of ketones is 1. The van der Waals surface area contributed by atoms with Crippen LogP contribution in [0.1, 0.15) is 39.7 Å². The Morgan fingerprint density at radius 2 is 1.70 bits per heavy atom. The molecule has 2 atom stereocenters. The summed E-state index contributed by atoms with van der Waals surface area (Å²) in [5.74, 6) is -1.54. The van der Waals surface area contributed by atoms with E-state index in [9.17, 15) is 14.0 Å². The van der Waals surface area contributed by atoms with Crippen molar-refractivity contribution in [3.05, 3.63) is 35.6 Å². The summed E-state index contributed by atoms with van der Waals surface area (Å²) in [6, 6.07) is 5.25. The molecule has 0 saturated carbocycles. The van der Waals surface area contributed by atoms with Gasteiger partial charge in [-0.25, -0.2) is 4.39 Å². The van der Waals surface area contributed by atoms with Gasteiger partial charge in [0, 0.05) is 6.42 Å². The second-order valence-corrected chi connectivity index (χ2v) is 5.49. The lowest BCUT2D eigenvalue weighted by Crippen LogP contribution is -2.38. The molecule has 0 aliphatic heterocycles. The molecule has 2 N–H and O–H groups in total. The maximum Gasteiger partial charge on any atom is 0.309 e. The third kappa shape index (κ3) is 7.37. The lowest BCUT2D eigenvalue weighted by Gasteiger charge is -2.18. The largest absolute Gasteiger partial charge is 0.469 e. The highest BCUT2D eigenvalue weighted by molar-refractivity contribution is 5.88. The molecule has 0 spiro atoms. The number of hydrogen-bond donors (Lipinski definition) is 1. The molecule has 0 bridgehead atoms. The average molecular weight is 325 g/mol. The molecule has 0 amide bonds. The molecule has 1 rings (SSSR count). The number of methoxy groups -OCH3 is 1. The fourth-order valence-electron chi connectivity index (χ4n) is 2.06. The SMILES string of the molecule is CC.COC(=O)[C@@H](CC(=O)C(N)C(C)C)Cc1ccc(F)cc1. The summed E-state index contributed by atoms with van der Waals surface area (Å²) in [5, 5.41) is 0. The van der Waals surface area contributed by atoms with Crippen molar-refractivity contribution in [3.8, 4) is 0 Å². The maximum atomic E-state index is 12.9. The number of Topliss-reactive ketones (excluding diaryl/α,β-unsaturated/α-hetero) is 1. The van der Waals surface area contributed by atoms with Gasteiger partial charge in [-0.05, 0) is 30.0 Å². The quantitative estimate of drug-likeness (QED) is 0.782. The smallest absolute Gasteiger partial charge is 0.309 e. The first kappa shape index (κ1) is 21.2. The van der Waals surface area contributed by atoms with Crippen molar-refractivity contribution >= 4 is 11.8 Å². The van der Waals surface area contributed by atoms with Gasteiger partial charge in [0.15, 0.2) is 5.78 Å². The Morgan fingerprint density at radius 1 is 1.17 bits per heavy atom. The van der Waals surface area contributed by atoms with E-state index in [-0.39, 0.29) is 23.9 Å². The zero-order valence-corrected chi connectivity index (χ0v) is 14.6. The standard InChI is InChI=1S/C16H22FNO3.C2H6/c1-10(2)15(18)14(19)9-12(16(20)21-3)8-11-4-6-13(17)7-5-11;1-2/h4-7,10,12,15H,8-9,18H2,1-3H3;1-2H3/t12-,15?;/m1./s1. The zero-order valence-electron chi connectivity index (χ0n) is 14.6. The van der Waals surface area contributed by atoms with E-state index in [1.54, 1.807) is 12.1 Å². The number of carbonyl (C=O) groups excluding carboxylic acids is 2. The van der Waals surface area contributed by atoms with Crippen LogP contribution in [0.5, 0.6) is 0 Å². The molecule has 0 fully saturated rings. The van der Waals surface area contributed by atoms with E-state index in [1.807, 2.05) is 27.7 Å². The molecule has 1 aromatic rings. The first-order valence-electron chi connectivity index (χ1n) is 7.95. The maximum absolute atomic E-state index is 12.9. The first-order chi connectivity index (χ1) is 10.8. The molecule has 1 unspecified atom stereocenters. The molecular formula is C18H28FNO3. The number of halogens is 1. The molecule has 4 nitrogen and oxygen atoms in total. The van der Waals surface area contributed by atoms with Crippen LogP contribution >= 0.6 is 0 Å². The third-order valence-corrected chi connectivity index (χ3v) is 3.47. The summed E-state index contributed by atoms with van der Waals surface area (Å²) in [6.45, 7) is 7.71. The van der Waals surface area contributed by atoms with Crippen LogP contribution in [0, 0.1) is 17.7 Å². The highest BCUT2D eigenvalue weighted by Gasteiger charge is 2.27. The van der Waals surface area contributed by atoms with Crippen LogP contribution in [0.2, 0.25) is 0 Å². The van der Waals surface area contributed by atoms with Gasteiger partial charge in [0.1, 0.15) is 5.82 Å². The number of benzene rings is 1. The van der Waals surface area contributed by atoms with E-state index >= 15 is 0 Å². The Labute approximate surface area is 138 Å². The Hall–Kier alpha value is -1.75. The molecule has 23 heavy (non-hydrogen) atoms. The van der Waals surface area contributed by atoms with Crippen molar-refractivity contribution in [3.63, 3.8) is 0 Å². The van der Waals surface area contributed by atoms with Crippen LogP contribution in [0.3, 0.4) is 0 Å². The predicted molar refractivity (Wildman–Crippen MR) is 89.4 cm³/mol. The number of ether oxygens (including phenoxy) is 1. The van der Waals surface area contributed by atoms with E-state index in [0.29, 0.717) is 6.42 Å². The second-order valence-electron chi connectivity index (χ2n) is 5.49. The summed E-state index contributed by atoms with van der Waals surface area (Å²) in [5.41, 5.74) is 6.59. The van der Waals surface area contributed by atoms with Crippen LogP contribution in [-0.4, -0.2) is 24.9 Å². The van der Waals surface area contributed by atoms with Gasteiger partial charge < -0.3 is 10.5 Å². The van der Waals surface area contributed by atoms with Crippen molar-refractivity contribution in [2.75, 3.05) is 7.11 Å². The fraction of sp³-hybridized carbons (Fsp3) is 0.556. The molecule has 130 valence electrons. The van der Waals surface area contributed by atoms with Gasteiger partial charge in [-0.15, -0.1) is 0 Å². The summed E-state index contributed by atoms with van der Waals surface area (Å²) in [6.07, 6.45) is 0.354. The highest BCUT2D eigenvalue weighted by Crippen LogP contribution is 2.17. The van der Waals surface area contributed by atoms with Gasteiger partial charge >= 0.3 is 5.97 Å². The highest BCUT2D eigenvalue weighted by atomic mass is 19.1. The van der Waals surface area contributed by atoms with Crippen LogP contribution in [-0.2, 0) is 20.7 Å². The molecule has 0 heterocycles. The third-order valence-electron chi connectivity index (χ3n) is 3.47. The predicted octanol–water partition coefficient (Wildman–Crippen LogP) is 3.13. The Morgan fingerprint density at radius 3 is 2.13 bits per heavy atom. The lowest BCUT2D eigenvalue weighted by molar-refractivity contribution is -0.147. The molecule has 0 radical (unpaired) electrons. The lowest BCUT2D eigenvalue weighted by atomic mass is 9.89. The monoisotopic (exact) mass is 325 g/mol. The van der Waals surface area contributed by atoms with Gasteiger partial charge in [0.2, 0.25) is 0 Å². The van der Waals surface area contributed by atoms with Gasteiger partial charge in [0.05, 0.1) is 19.1 Å². The van der Waals surface area contributed by atoms with Gasteiger partial charge in [-0.3, -0.25) is 9.59 Å². The molecule has 0 aliphatic carbocycles. The van der Waals surface area contributed by atoms with Crippen LogP contribution in [0.4, 0.5) is 4.39 Å². The number of carbonyl (C=O) groups is 2. The van der Waals surface area contributed by atoms with Gasteiger partial charge in [-0.2, -0.15) is 0 Å². The molecule has 0 aliphatic rings. The van der Waals surface area contributed by atoms with E-state index in [1.165, 1.54) is 19.2 Å². The summed E-state index contributed by atoms with van der Waals surface area (Å²) < 4.78 is 17.6. The number of hydrogen-bond acceptors (Lipinski definition) is 4. The molecule has 0 aromatic heterocycles. The van der Waals surface area contributed by atoms with E-state index in [0.717, 1.165) is 5.56 Å². The van der Waals surface area contributed by atoms with E-state index in [2.05, 4.69) is 0 Å². The Balaban J connectivity index is 0.00000232. The molecule has 5 heteroatoms. The summed E-state index contributed by atoms with van der Waals surface area (Å²) >= 11 is 0. The van der Waals surface area contributed by atoms with Crippen molar-refractivity contribution < 1.29 is 18.7 Å². The van der Waals surface area contributed by atoms with Crippen LogP contribution < -0.4 is 5.73 Å². The van der Waals surface area contributed by atoms with Gasteiger partial charge in [0.25, 0.3) is 0 Å². The minimum atomic E-state index is -0.599. The van der Waals surface area contributed by atoms with E-state index in [4.69, 9.17) is 10.5 Å². The minimum absolute atomic E-state index is 0.0154. The Bertz CT molecular complexity index is 486. The molecular weight excluding hydrogens is 297 g/mol. The van der Waals surface area contributed by atoms with Crippen LogP contribution in [0.15, 0.2) is 24.3 Å². The van der Waals surface area contributed by atoms with Crippen molar-refractivity contribution in [2.24, 2.45) is 17.6 Å². The fourth-order valence-corrected chi connectivity index (χ4v) is 2.06. The minimum Gasteiger partial charge on any atom is -0.469 e. The summed E-state index contributed by atoms with van der Waals surface area (Å²) in [4.78, 5) is 23.9. The summed E-state index contributed by atoms with van der Waals surface area (Å²) in [7, 11) is 1.28. The zero-order chi connectivity index (χ0) is 18.0. The topological polar surface area (TPSA) is 69.4 Å². The first-order valence-corrected chi connectivity index (χ1v) is 7.95.